The summed E-state index contributed by atoms with van der Waals surface area (Å²) in [5.41, 5.74) is 0. The third kappa shape index (κ3) is 40.1. The summed E-state index contributed by atoms with van der Waals surface area (Å²) in [6.07, 6.45) is 44.9. The lowest BCUT2D eigenvalue weighted by atomic mass is 10.0. The highest BCUT2D eigenvalue weighted by Gasteiger charge is 2.26. The van der Waals surface area contributed by atoms with Crippen LogP contribution in [-0.2, 0) is 27.9 Å². The Bertz CT molecular complexity index is 981. The topological polar surface area (TPSA) is 132 Å². The van der Waals surface area contributed by atoms with Gasteiger partial charge in [-0.3, -0.25) is 13.8 Å². The number of allylic oxidation sites excluding steroid dienone is 8. The Morgan fingerprint density at radius 2 is 1.00 bits per heavy atom. The first-order valence-electron chi connectivity index (χ1n) is 21.6. The average molecular weight is 785 g/mol. The second kappa shape index (κ2) is 41.1. The molecule has 54 heavy (non-hydrogen) atoms. The molecule has 0 aromatic rings. The molecule has 0 aliphatic heterocycles. The lowest BCUT2D eigenvalue weighted by Crippen LogP contribution is -2.29. The Morgan fingerprint density at radius 3 is 1.52 bits per heavy atom. The summed E-state index contributed by atoms with van der Waals surface area (Å²) in [4.78, 5) is 22.6. The van der Waals surface area contributed by atoms with Crippen molar-refractivity contribution >= 4 is 13.8 Å². The van der Waals surface area contributed by atoms with Crippen molar-refractivity contribution in [2.75, 3.05) is 33.0 Å². The zero-order valence-electron chi connectivity index (χ0n) is 34.4. The van der Waals surface area contributed by atoms with Gasteiger partial charge in [0.25, 0.3) is 0 Å². The van der Waals surface area contributed by atoms with Gasteiger partial charge in [0.1, 0.15) is 12.2 Å². The summed E-state index contributed by atoms with van der Waals surface area (Å²) in [6, 6.07) is 0. The number of hydrogen-bond acceptors (Lipinski definition) is 8. The number of carbonyl (C=O) groups is 1. The van der Waals surface area contributed by atoms with Crippen LogP contribution >= 0.6 is 7.82 Å². The van der Waals surface area contributed by atoms with E-state index in [1.165, 1.54) is 96.3 Å². The van der Waals surface area contributed by atoms with Crippen molar-refractivity contribution in [2.24, 2.45) is 0 Å². The molecule has 3 atom stereocenters. The second-order valence-electron chi connectivity index (χ2n) is 14.4. The number of aliphatic hydroxyl groups excluding tert-OH is 2. The molecule has 0 aliphatic rings. The summed E-state index contributed by atoms with van der Waals surface area (Å²) >= 11 is 0. The lowest BCUT2D eigenvalue weighted by Gasteiger charge is -2.20. The molecule has 0 aromatic carbocycles. The van der Waals surface area contributed by atoms with E-state index in [1.807, 2.05) is 0 Å². The molecule has 0 radical (unpaired) electrons. The molecule has 0 bridgehead atoms. The van der Waals surface area contributed by atoms with Gasteiger partial charge in [-0.05, 0) is 57.8 Å². The van der Waals surface area contributed by atoms with Crippen LogP contribution in [0.3, 0.4) is 0 Å². The molecular weight excluding hydrogens is 703 g/mol. The van der Waals surface area contributed by atoms with E-state index in [0.29, 0.717) is 13.0 Å². The van der Waals surface area contributed by atoms with Gasteiger partial charge in [-0.25, -0.2) is 4.57 Å². The van der Waals surface area contributed by atoms with E-state index in [-0.39, 0.29) is 19.6 Å². The summed E-state index contributed by atoms with van der Waals surface area (Å²) in [6.45, 7) is 3.45. The van der Waals surface area contributed by atoms with Crippen molar-refractivity contribution in [2.45, 2.75) is 193 Å². The van der Waals surface area contributed by atoms with Crippen LogP contribution in [0.25, 0.3) is 0 Å². The van der Waals surface area contributed by atoms with Crippen LogP contribution in [0.2, 0.25) is 0 Å². The van der Waals surface area contributed by atoms with Crippen LogP contribution in [-0.4, -0.2) is 66.3 Å². The third-order valence-corrected chi connectivity index (χ3v) is 9.97. The first kappa shape index (κ1) is 52.4. The van der Waals surface area contributed by atoms with Crippen LogP contribution in [0.4, 0.5) is 0 Å². The van der Waals surface area contributed by atoms with Crippen molar-refractivity contribution in [1.82, 2.24) is 0 Å². The van der Waals surface area contributed by atoms with Crippen LogP contribution in [0.5, 0.6) is 0 Å². The predicted molar refractivity (Wildman–Crippen MR) is 223 cm³/mol. The predicted octanol–water partition coefficient (Wildman–Crippen LogP) is 11.8. The van der Waals surface area contributed by atoms with E-state index in [4.69, 9.17) is 23.6 Å². The van der Waals surface area contributed by atoms with Gasteiger partial charge in [0.2, 0.25) is 0 Å². The van der Waals surface area contributed by atoms with Gasteiger partial charge in [-0.2, -0.15) is 0 Å². The highest BCUT2D eigenvalue weighted by atomic mass is 31.2. The maximum Gasteiger partial charge on any atom is 0.472 e. The van der Waals surface area contributed by atoms with Crippen molar-refractivity contribution in [3.05, 3.63) is 48.6 Å². The van der Waals surface area contributed by atoms with Gasteiger partial charge in [0.15, 0.2) is 0 Å². The fourth-order valence-electron chi connectivity index (χ4n) is 5.69. The maximum absolute atomic E-state index is 12.6. The number of phosphoric acid groups is 1. The number of aliphatic hydroxyl groups is 2. The molecule has 10 heteroatoms. The maximum atomic E-state index is 12.6. The number of esters is 1. The Balaban J connectivity index is 4.25. The molecule has 316 valence electrons. The van der Waals surface area contributed by atoms with Crippen LogP contribution < -0.4 is 0 Å². The van der Waals surface area contributed by atoms with Crippen molar-refractivity contribution in [1.29, 1.82) is 0 Å². The Labute approximate surface area is 330 Å². The van der Waals surface area contributed by atoms with Crippen LogP contribution in [0.1, 0.15) is 181 Å². The molecule has 0 amide bonds. The summed E-state index contributed by atoms with van der Waals surface area (Å²) in [5, 5.41) is 18.3. The number of unbranched alkanes of at least 4 members (excludes halogenated alkanes) is 19. The van der Waals surface area contributed by atoms with E-state index < -0.39 is 39.2 Å². The van der Waals surface area contributed by atoms with Crippen molar-refractivity contribution in [3.63, 3.8) is 0 Å². The van der Waals surface area contributed by atoms with E-state index in [9.17, 15) is 19.4 Å². The second-order valence-corrected chi connectivity index (χ2v) is 15.8. The number of phosphoric ester groups is 1. The standard InChI is InChI=1S/C44H81O9P/c1-3-5-7-9-11-13-15-17-19-20-21-22-23-24-26-28-30-32-34-36-44(47)53-43(41-52-54(48,49)51-39-42(46)38-45)40-50-37-35-33-31-29-27-25-18-16-14-12-10-8-6-4-2/h11,13,17,19,21-22,24,26,42-43,45-46H,3-10,12,14-16,18,20,23,25,27-41H2,1-2H3,(H,48,49)/b13-11-,19-17-,22-21-,26-24-/t42-,43+/m0/s1. The first-order valence-corrected chi connectivity index (χ1v) is 23.1. The zero-order valence-corrected chi connectivity index (χ0v) is 35.3. The third-order valence-electron chi connectivity index (χ3n) is 9.02. The summed E-state index contributed by atoms with van der Waals surface area (Å²) in [7, 11) is -4.52. The van der Waals surface area contributed by atoms with Crippen molar-refractivity contribution < 1.29 is 43.0 Å². The van der Waals surface area contributed by atoms with Gasteiger partial charge in [0.05, 0.1) is 26.4 Å². The number of hydrogen-bond donors (Lipinski definition) is 3. The Hall–Kier alpha value is -1.58. The van der Waals surface area contributed by atoms with Gasteiger partial charge in [0, 0.05) is 13.0 Å². The lowest BCUT2D eigenvalue weighted by molar-refractivity contribution is -0.154. The first-order chi connectivity index (χ1) is 26.3. The molecule has 1 unspecified atom stereocenters. The Morgan fingerprint density at radius 1 is 0.574 bits per heavy atom. The van der Waals surface area contributed by atoms with Crippen LogP contribution in [0.15, 0.2) is 48.6 Å². The molecular formula is C44H81O9P. The smallest absolute Gasteiger partial charge is 0.457 e. The molecule has 0 heterocycles. The van der Waals surface area contributed by atoms with E-state index in [1.54, 1.807) is 0 Å². The Kier molecular flexibility index (Phi) is 39.9. The monoisotopic (exact) mass is 785 g/mol. The fraction of sp³-hybridized carbons (Fsp3) is 0.795. The molecule has 0 saturated carbocycles. The van der Waals surface area contributed by atoms with E-state index in [2.05, 4.69) is 62.5 Å². The fourth-order valence-corrected chi connectivity index (χ4v) is 6.48. The highest BCUT2D eigenvalue weighted by Crippen LogP contribution is 2.43. The summed E-state index contributed by atoms with van der Waals surface area (Å²) in [5.74, 6) is -0.411. The van der Waals surface area contributed by atoms with Gasteiger partial charge < -0.3 is 24.6 Å². The van der Waals surface area contributed by atoms with Crippen molar-refractivity contribution in [3.8, 4) is 0 Å². The normalized spacial score (nSPS) is 14.5. The largest absolute Gasteiger partial charge is 0.472 e. The van der Waals surface area contributed by atoms with E-state index >= 15 is 0 Å². The van der Waals surface area contributed by atoms with E-state index in [0.717, 1.165) is 57.8 Å². The molecule has 0 aliphatic carbocycles. The SMILES string of the molecule is CCCCC/C=C\C/C=C\C/C=C\C/C=C\CCCCCC(=O)O[C@H](COCCCCCCCCCCCCCCCC)COP(=O)(O)OC[C@@H](O)CO. The minimum absolute atomic E-state index is 0.0372. The van der Waals surface area contributed by atoms with Gasteiger partial charge >= 0.3 is 13.8 Å². The minimum Gasteiger partial charge on any atom is -0.457 e. The molecule has 0 aromatic heterocycles. The number of carbonyl (C=O) groups excluding carboxylic acids is 1. The molecule has 0 saturated heterocycles. The molecule has 0 fully saturated rings. The van der Waals surface area contributed by atoms with Crippen LogP contribution in [0, 0.1) is 0 Å². The quantitative estimate of drug-likeness (QED) is 0.0240. The number of rotatable bonds is 41. The minimum atomic E-state index is -4.52. The zero-order chi connectivity index (χ0) is 39.6. The number of ether oxygens (including phenoxy) is 2. The van der Waals surface area contributed by atoms with Gasteiger partial charge in [-0.15, -0.1) is 0 Å². The molecule has 0 spiro atoms. The average Bonchev–Trinajstić information content (AvgIpc) is 3.16. The van der Waals surface area contributed by atoms with Gasteiger partial charge in [-0.1, -0.05) is 165 Å². The molecule has 3 N–H and O–H groups in total. The molecule has 9 nitrogen and oxygen atoms in total. The summed E-state index contributed by atoms with van der Waals surface area (Å²) < 4.78 is 33.3. The molecule has 0 rings (SSSR count). The highest BCUT2D eigenvalue weighted by molar-refractivity contribution is 7.47.